The zero-order valence-corrected chi connectivity index (χ0v) is 7.96. The van der Waals surface area contributed by atoms with Gasteiger partial charge < -0.3 is 0 Å². The second kappa shape index (κ2) is 4.57. The fourth-order valence-electron chi connectivity index (χ4n) is 1.26. The lowest BCUT2D eigenvalue weighted by atomic mass is 9.95. The van der Waals surface area contributed by atoms with Crippen molar-refractivity contribution in [2.24, 2.45) is 0 Å². The van der Waals surface area contributed by atoms with Gasteiger partial charge in [-0.2, -0.15) is 0 Å². The van der Waals surface area contributed by atoms with E-state index in [0.717, 1.165) is 5.56 Å². The van der Waals surface area contributed by atoms with Gasteiger partial charge in [0, 0.05) is 6.42 Å². The summed E-state index contributed by atoms with van der Waals surface area (Å²) >= 11 is 0. The first kappa shape index (κ1) is 10.5. The standard InChI is InChI=1S/C12H11FO/c1-3-10(8-9(2)14)11-4-6-12(13)7-5-11/h1,4-7,10H,8H2,2H3. The maximum atomic E-state index is 12.6. The van der Waals surface area contributed by atoms with Gasteiger partial charge in [0.15, 0.2) is 0 Å². The van der Waals surface area contributed by atoms with Crippen molar-refractivity contribution in [3.8, 4) is 12.3 Å². The summed E-state index contributed by atoms with van der Waals surface area (Å²) < 4.78 is 12.6. The quantitative estimate of drug-likeness (QED) is 0.669. The van der Waals surface area contributed by atoms with Crippen LogP contribution in [0.15, 0.2) is 24.3 Å². The predicted molar refractivity (Wildman–Crippen MR) is 53.3 cm³/mol. The van der Waals surface area contributed by atoms with E-state index < -0.39 is 0 Å². The lowest BCUT2D eigenvalue weighted by Gasteiger charge is -2.08. The molecule has 0 spiro atoms. The third kappa shape index (κ3) is 2.70. The number of Topliss-reactive ketones (excluding diaryl/α,β-unsaturated/α-hetero) is 1. The molecule has 0 aliphatic carbocycles. The van der Waals surface area contributed by atoms with Crippen LogP contribution in [0.4, 0.5) is 4.39 Å². The first-order valence-electron chi connectivity index (χ1n) is 4.34. The average molecular weight is 190 g/mol. The molecular formula is C12H11FO. The number of terminal acetylenes is 1. The molecule has 1 aromatic rings. The van der Waals surface area contributed by atoms with Gasteiger partial charge >= 0.3 is 0 Å². The van der Waals surface area contributed by atoms with Gasteiger partial charge in [-0.15, -0.1) is 6.42 Å². The average Bonchev–Trinajstić information content (AvgIpc) is 2.15. The molecule has 0 saturated carbocycles. The third-order valence-corrected chi connectivity index (χ3v) is 1.97. The molecule has 1 rings (SSSR count). The van der Waals surface area contributed by atoms with Gasteiger partial charge in [0.05, 0.1) is 5.92 Å². The molecule has 1 aromatic carbocycles. The van der Waals surface area contributed by atoms with Gasteiger partial charge in [0.1, 0.15) is 11.6 Å². The van der Waals surface area contributed by atoms with E-state index in [1.54, 1.807) is 12.1 Å². The van der Waals surface area contributed by atoms with Crippen LogP contribution in [0.1, 0.15) is 24.8 Å². The fourth-order valence-corrected chi connectivity index (χ4v) is 1.26. The maximum Gasteiger partial charge on any atom is 0.131 e. The summed E-state index contributed by atoms with van der Waals surface area (Å²) in [6.45, 7) is 1.49. The number of carbonyl (C=O) groups is 1. The van der Waals surface area contributed by atoms with Crippen LogP contribution in [-0.2, 0) is 4.79 Å². The first-order valence-corrected chi connectivity index (χ1v) is 4.34. The van der Waals surface area contributed by atoms with Crippen molar-refractivity contribution in [1.82, 2.24) is 0 Å². The molecule has 0 aromatic heterocycles. The van der Waals surface area contributed by atoms with Gasteiger partial charge in [-0.3, -0.25) is 4.79 Å². The van der Waals surface area contributed by atoms with Crippen LogP contribution in [0.3, 0.4) is 0 Å². The highest BCUT2D eigenvalue weighted by Gasteiger charge is 2.10. The summed E-state index contributed by atoms with van der Waals surface area (Å²) in [7, 11) is 0. The normalized spacial score (nSPS) is 11.8. The monoisotopic (exact) mass is 190 g/mol. The Balaban J connectivity index is 2.85. The van der Waals surface area contributed by atoms with E-state index in [0.29, 0.717) is 6.42 Å². The van der Waals surface area contributed by atoms with Gasteiger partial charge in [-0.05, 0) is 24.6 Å². The minimum absolute atomic E-state index is 0.0391. The molecule has 2 heteroatoms. The van der Waals surface area contributed by atoms with Crippen LogP contribution in [0, 0.1) is 18.2 Å². The number of ketones is 1. The predicted octanol–water partition coefficient (Wildman–Crippen LogP) is 2.52. The van der Waals surface area contributed by atoms with E-state index in [9.17, 15) is 9.18 Å². The van der Waals surface area contributed by atoms with E-state index in [1.807, 2.05) is 0 Å². The van der Waals surface area contributed by atoms with E-state index >= 15 is 0 Å². The summed E-state index contributed by atoms with van der Waals surface area (Å²) in [4.78, 5) is 10.9. The lowest BCUT2D eigenvalue weighted by molar-refractivity contribution is -0.117. The second-order valence-corrected chi connectivity index (χ2v) is 3.18. The maximum absolute atomic E-state index is 12.6. The smallest absolute Gasteiger partial charge is 0.131 e. The van der Waals surface area contributed by atoms with Crippen LogP contribution in [-0.4, -0.2) is 5.78 Å². The SMILES string of the molecule is C#CC(CC(C)=O)c1ccc(F)cc1. The number of benzene rings is 1. The third-order valence-electron chi connectivity index (χ3n) is 1.97. The Kier molecular flexibility index (Phi) is 3.41. The van der Waals surface area contributed by atoms with Gasteiger partial charge in [0.2, 0.25) is 0 Å². The summed E-state index contributed by atoms with van der Waals surface area (Å²) in [6.07, 6.45) is 5.60. The molecular weight excluding hydrogens is 179 g/mol. The molecule has 14 heavy (non-hydrogen) atoms. The molecule has 0 aliphatic heterocycles. The van der Waals surface area contributed by atoms with Crippen molar-refractivity contribution in [3.05, 3.63) is 35.6 Å². The van der Waals surface area contributed by atoms with Crippen LogP contribution in [0.25, 0.3) is 0 Å². The Morgan fingerprint density at radius 2 is 2.07 bits per heavy atom. The van der Waals surface area contributed by atoms with Gasteiger partial charge in [0.25, 0.3) is 0 Å². The molecule has 0 heterocycles. The highest BCUT2D eigenvalue weighted by molar-refractivity contribution is 5.77. The Hall–Kier alpha value is -1.62. The van der Waals surface area contributed by atoms with Crippen LogP contribution >= 0.6 is 0 Å². The minimum atomic E-state index is -0.299. The van der Waals surface area contributed by atoms with Crippen molar-refractivity contribution in [3.63, 3.8) is 0 Å². The first-order chi connectivity index (χ1) is 6.63. The molecule has 0 radical (unpaired) electrons. The lowest BCUT2D eigenvalue weighted by Crippen LogP contribution is -2.01. The number of carbonyl (C=O) groups excluding carboxylic acids is 1. The molecule has 1 atom stereocenters. The van der Waals surface area contributed by atoms with E-state index in [1.165, 1.54) is 19.1 Å². The molecule has 0 N–H and O–H groups in total. The Labute approximate surface area is 82.9 Å². The van der Waals surface area contributed by atoms with E-state index in [2.05, 4.69) is 5.92 Å². The van der Waals surface area contributed by atoms with E-state index in [4.69, 9.17) is 6.42 Å². The molecule has 1 nitrogen and oxygen atoms in total. The minimum Gasteiger partial charge on any atom is -0.300 e. The van der Waals surface area contributed by atoms with Crippen molar-refractivity contribution in [1.29, 1.82) is 0 Å². The largest absolute Gasteiger partial charge is 0.300 e. The van der Waals surface area contributed by atoms with Crippen LogP contribution in [0.5, 0.6) is 0 Å². The summed E-state index contributed by atoms with van der Waals surface area (Å²) in [5, 5.41) is 0. The number of rotatable bonds is 3. The topological polar surface area (TPSA) is 17.1 Å². The van der Waals surface area contributed by atoms with Crippen molar-refractivity contribution in [2.75, 3.05) is 0 Å². The summed E-state index contributed by atoms with van der Waals surface area (Å²) in [5.74, 6) is 2.02. The molecule has 0 bridgehead atoms. The highest BCUT2D eigenvalue weighted by Crippen LogP contribution is 2.19. The molecule has 0 aliphatic rings. The highest BCUT2D eigenvalue weighted by atomic mass is 19.1. The van der Waals surface area contributed by atoms with Crippen LogP contribution < -0.4 is 0 Å². The van der Waals surface area contributed by atoms with Crippen molar-refractivity contribution in [2.45, 2.75) is 19.3 Å². The van der Waals surface area contributed by atoms with E-state index in [-0.39, 0.29) is 17.5 Å². The fraction of sp³-hybridized carbons (Fsp3) is 0.250. The molecule has 0 amide bonds. The van der Waals surface area contributed by atoms with Crippen molar-refractivity contribution < 1.29 is 9.18 Å². The summed E-state index contributed by atoms with van der Waals surface area (Å²) in [6, 6.07) is 5.92. The zero-order chi connectivity index (χ0) is 10.6. The Morgan fingerprint density at radius 1 is 1.50 bits per heavy atom. The second-order valence-electron chi connectivity index (χ2n) is 3.18. The molecule has 0 saturated heterocycles. The number of hydrogen-bond acceptors (Lipinski definition) is 1. The van der Waals surface area contributed by atoms with Gasteiger partial charge in [-0.1, -0.05) is 18.1 Å². The molecule has 1 unspecified atom stereocenters. The zero-order valence-electron chi connectivity index (χ0n) is 7.96. The molecule has 72 valence electrons. The number of hydrogen-bond donors (Lipinski definition) is 0. The van der Waals surface area contributed by atoms with Crippen molar-refractivity contribution >= 4 is 5.78 Å². The Morgan fingerprint density at radius 3 is 2.50 bits per heavy atom. The molecule has 0 fully saturated rings. The number of halogens is 1. The Bertz CT molecular complexity index is 359. The summed E-state index contributed by atoms with van der Waals surface area (Å²) in [5.41, 5.74) is 0.809. The van der Waals surface area contributed by atoms with Gasteiger partial charge in [-0.25, -0.2) is 4.39 Å². The van der Waals surface area contributed by atoms with Crippen LogP contribution in [0.2, 0.25) is 0 Å².